The first-order chi connectivity index (χ1) is 12.8. The van der Waals surface area contributed by atoms with Gasteiger partial charge in [0.25, 0.3) is 0 Å². The summed E-state index contributed by atoms with van der Waals surface area (Å²) in [6.45, 7) is 6.55. The highest BCUT2D eigenvalue weighted by atomic mass is 32.2. The van der Waals surface area contributed by atoms with Crippen LogP contribution >= 0.6 is 0 Å². The molecule has 0 aliphatic carbocycles. The van der Waals surface area contributed by atoms with Crippen LogP contribution in [0.1, 0.15) is 29.5 Å². The molecule has 2 aromatic carbocycles. The minimum absolute atomic E-state index is 0.120. The molecular formula is C21H26N2O3S. The summed E-state index contributed by atoms with van der Waals surface area (Å²) in [5, 5.41) is 2.97. The molecule has 1 atom stereocenters. The Morgan fingerprint density at radius 2 is 1.70 bits per heavy atom. The Balaban J connectivity index is 1.73. The van der Waals surface area contributed by atoms with Gasteiger partial charge < -0.3 is 5.32 Å². The molecule has 2 aromatic rings. The van der Waals surface area contributed by atoms with Crippen LogP contribution < -0.4 is 5.32 Å². The van der Waals surface area contributed by atoms with Crippen molar-refractivity contribution < 1.29 is 13.2 Å². The lowest BCUT2D eigenvalue weighted by Gasteiger charge is -2.31. The van der Waals surface area contributed by atoms with E-state index in [0.717, 1.165) is 22.4 Å². The fourth-order valence-corrected chi connectivity index (χ4v) is 4.95. The fourth-order valence-electron chi connectivity index (χ4n) is 3.42. The number of anilines is 1. The van der Waals surface area contributed by atoms with E-state index >= 15 is 0 Å². The smallest absolute Gasteiger partial charge is 0.243 e. The highest BCUT2D eigenvalue weighted by Gasteiger charge is 2.33. The minimum Gasteiger partial charge on any atom is -0.326 e. The zero-order chi connectivity index (χ0) is 19.6. The standard InChI is InChI=1S/C21H26N2O3S/c1-15-6-9-19(10-7-15)27(25,26)23-12-4-5-18(14-23)21(24)22-20-11-8-16(2)13-17(20)3/h6-11,13,18H,4-5,12,14H2,1-3H3,(H,22,24)/t18-/m0/s1. The van der Waals surface area contributed by atoms with Crippen LogP contribution in [-0.2, 0) is 14.8 Å². The van der Waals surface area contributed by atoms with E-state index in [0.29, 0.717) is 19.4 Å². The molecule has 1 fully saturated rings. The summed E-state index contributed by atoms with van der Waals surface area (Å²) in [7, 11) is -3.58. The summed E-state index contributed by atoms with van der Waals surface area (Å²) in [6.07, 6.45) is 1.37. The van der Waals surface area contributed by atoms with Crippen LogP contribution in [0.25, 0.3) is 0 Å². The molecule has 0 bridgehead atoms. The Morgan fingerprint density at radius 3 is 2.37 bits per heavy atom. The predicted molar refractivity (Wildman–Crippen MR) is 107 cm³/mol. The van der Waals surface area contributed by atoms with E-state index in [9.17, 15) is 13.2 Å². The van der Waals surface area contributed by atoms with E-state index in [1.54, 1.807) is 24.3 Å². The number of carbonyl (C=O) groups is 1. The van der Waals surface area contributed by atoms with Gasteiger partial charge >= 0.3 is 0 Å². The van der Waals surface area contributed by atoms with Crippen LogP contribution in [0.4, 0.5) is 5.69 Å². The molecule has 0 radical (unpaired) electrons. The van der Waals surface area contributed by atoms with Crippen LogP contribution in [0, 0.1) is 26.7 Å². The van der Waals surface area contributed by atoms with Gasteiger partial charge in [0.05, 0.1) is 10.8 Å². The first-order valence-corrected chi connectivity index (χ1v) is 10.7. The van der Waals surface area contributed by atoms with Crippen molar-refractivity contribution in [3.05, 3.63) is 59.2 Å². The molecule has 1 aliphatic heterocycles. The van der Waals surface area contributed by atoms with Crippen molar-refractivity contribution in [3.8, 4) is 0 Å². The number of carbonyl (C=O) groups excluding carboxylic acids is 1. The number of hydrogen-bond acceptors (Lipinski definition) is 3. The van der Waals surface area contributed by atoms with Gasteiger partial charge in [0.2, 0.25) is 15.9 Å². The van der Waals surface area contributed by atoms with Gasteiger partial charge in [-0.25, -0.2) is 8.42 Å². The van der Waals surface area contributed by atoms with Crippen molar-refractivity contribution in [2.24, 2.45) is 5.92 Å². The van der Waals surface area contributed by atoms with E-state index in [1.165, 1.54) is 4.31 Å². The zero-order valence-corrected chi connectivity index (χ0v) is 16.8. The fraction of sp³-hybridized carbons (Fsp3) is 0.381. The molecule has 1 saturated heterocycles. The van der Waals surface area contributed by atoms with Crippen molar-refractivity contribution in [1.29, 1.82) is 0 Å². The third kappa shape index (κ3) is 4.39. The van der Waals surface area contributed by atoms with Crippen molar-refractivity contribution >= 4 is 21.6 Å². The summed E-state index contributed by atoms with van der Waals surface area (Å²) in [4.78, 5) is 13.0. The average Bonchev–Trinajstić information content (AvgIpc) is 2.64. The molecule has 0 aromatic heterocycles. The van der Waals surface area contributed by atoms with Crippen LogP contribution in [0.3, 0.4) is 0 Å². The third-order valence-corrected chi connectivity index (χ3v) is 6.93. The lowest BCUT2D eigenvalue weighted by molar-refractivity contribution is -0.120. The summed E-state index contributed by atoms with van der Waals surface area (Å²) in [5.41, 5.74) is 3.93. The quantitative estimate of drug-likeness (QED) is 0.872. The monoisotopic (exact) mass is 386 g/mol. The van der Waals surface area contributed by atoms with Gasteiger partial charge in [0.15, 0.2) is 0 Å². The topological polar surface area (TPSA) is 66.5 Å². The molecule has 6 heteroatoms. The maximum atomic E-state index is 12.9. The SMILES string of the molecule is Cc1ccc(S(=O)(=O)N2CCC[C@H](C(=O)Nc3ccc(C)cc3C)C2)cc1. The number of benzene rings is 2. The number of sulfonamides is 1. The predicted octanol–water partition coefficient (Wildman–Crippen LogP) is 3.65. The molecule has 1 aliphatic rings. The highest BCUT2D eigenvalue weighted by molar-refractivity contribution is 7.89. The number of rotatable bonds is 4. The lowest BCUT2D eigenvalue weighted by Crippen LogP contribution is -2.43. The molecule has 5 nitrogen and oxygen atoms in total. The van der Waals surface area contributed by atoms with Gasteiger partial charge in [-0.2, -0.15) is 4.31 Å². The second kappa shape index (κ2) is 7.82. The second-order valence-corrected chi connectivity index (χ2v) is 9.26. The molecular weight excluding hydrogens is 360 g/mol. The lowest BCUT2D eigenvalue weighted by atomic mass is 9.98. The molecule has 3 rings (SSSR count). The number of hydrogen-bond donors (Lipinski definition) is 1. The first kappa shape index (κ1) is 19.6. The number of amides is 1. The van der Waals surface area contributed by atoms with Gasteiger partial charge in [0, 0.05) is 18.8 Å². The Bertz CT molecular complexity index is 936. The van der Waals surface area contributed by atoms with Crippen LogP contribution in [-0.4, -0.2) is 31.7 Å². The molecule has 27 heavy (non-hydrogen) atoms. The highest BCUT2D eigenvalue weighted by Crippen LogP contribution is 2.25. The van der Waals surface area contributed by atoms with E-state index in [2.05, 4.69) is 5.32 Å². The normalized spacial score (nSPS) is 18.3. The summed E-state index contributed by atoms with van der Waals surface area (Å²) >= 11 is 0. The Labute approximate surface area is 161 Å². The summed E-state index contributed by atoms with van der Waals surface area (Å²) < 4.78 is 27.3. The zero-order valence-electron chi connectivity index (χ0n) is 16.0. The van der Waals surface area contributed by atoms with Crippen LogP contribution in [0.2, 0.25) is 0 Å². The Kier molecular flexibility index (Phi) is 5.67. The maximum Gasteiger partial charge on any atom is 0.243 e. The van der Waals surface area contributed by atoms with Crippen molar-refractivity contribution in [2.75, 3.05) is 18.4 Å². The Hall–Kier alpha value is -2.18. The molecule has 0 unspecified atom stereocenters. The van der Waals surface area contributed by atoms with Crippen molar-refractivity contribution in [1.82, 2.24) is 4.31 Å². The van der Waals surface area contributed by atoms with E-state index < -0.39 is 10.0 Å². The Morgan fingerprint density at radius 1 is 1.04 bits per heavy atom. The number of aryl methyl sites for hydroxylation is 3. The molecule has 144 valence electrons. The van der Waals surface area contributed by atoms with Crippen molar-refractivity contribution in [2.45, 2.75) is 38.5 Å². The number of nitrogens with one attached hydrogen (secondary N) is 1. The third-order valence-electron chi connectivity index (χ3n) is 5.05. The summed E-state index contributed by atoms with van der Waals surface area (Å²) in [6, 6.07) is 12.7. The second-order valence-electron chi connectivity index (χ2n) is 7.32. The van der Waals surface area contributed by atoms with Gasteiger partial charge in [-0.3, -0.25) is 4.79 Å². The largest absolute Gasteiger partial charge is 0.326 e. The number of nitrogens with zero attached hydrogens (tertiary/aromatic N) is 1. The molecule has 0 saturated carbocycles. The van der Waals surface area contributed by atoms with Gasteiger partial charge in [0.1, 0.15) is 0 Å². The van der Waals surface area contributed by atoms with Gasteiger partial charge in [-0.15, -0.1) is 0 Å². The van der Waals surface area contributed by atoms with Crippen LogP contribution in [0.5, 0.6) is 0 Å². The molecule has 0 spiro atoms. The van der Waals surface area contributed by atoms with E-state index in [4.69, 9.17) is 0 Å². The molecule has 1 N–H and O–H groups in total. The van der Waals surface area contributed by atoms with E-state index in [1.807, 2.05) is 39.0 Å². The van der Waals surface area contributed by atoms with Crippen molar-refractivity contribution in [3.63, 3.8) is 0 Å². The van der Waals surface area contributed by atoms with E-state index in [-0.39, 0.29) is 23.3 Å². The molecule has 1 amide bonds. The minimum atomic E-state index is -3.58. The maximum absolute atomic E-state index is 12.9. The summed E-state index contributed by atoms with van der Waals surface area (Å²) in [5.74, 6) is -0.467. The van der Waals surface area contributed by atoms with Gasteiger partial charge in [-0.1, -0.05) is 35.4 Å². The van der Waals surface area contributed by atoms with Crippen LogP contribution in [0.15, 0.2) is 47.4 Å². The van der Waals surface area contributed by atoms with Gasteiger partial charge in [-0.05, 0) is 57.4 Å². The first-order valence-electron chi connectivity index (χ1n) is 9.22. The molecule has 1 heterocycles. The number of piperidine rings is 1. The average molecular weight is 387 g/mol.